The molecule has 0 aliphatic rings. The molecule has 1 aromatic carbocycles. The highest BCUT2D eigenvalue weighted by Crippen LogP contribution is 2.34. The minimum absolute atomic E-state index is 0.0816. The third-order valence-corrected chi connectivity index (χ3v) is 5.57. The zero-order valence-electron chi connectivity index (χ0n) is 19.2. The Labute approximate surface area is 183 Å². The van der Waals surface area contributed by atoms with Crippen LogP contribution in [0.2, 0.25) is 0 Å². The van der Waals surface area contributed by atoms with Crippen LogP contribution in [0, 0.1) is 0 Å². The number of carbonyl (C=O) groups is 1. The molecule has 0 aromatic heterocycles. The van der Waals surface area contributed by atoms with Crippen molar-refractivity contribution in [2.24, 2.45) is 0 Å². The Morgan fingerprint density at radius 2 is 1.52 bits per heavy atom. The Balaban J connectivity index is 2.43. The van der Waals surface area contributed by atoms with E-state index in [1.165, 1.54) is 51.4 Å². The predicted octanol–water partition coefficient (Wildman–Crippen LogP) is 7.82. The predicted molar refractivity (Wildman–Crippen MR) is 123 cm³/mol. The maximum absolute atomic E-state index is 11.9. The number of unbranched alkanes of at least 4 members (excludes halogenated alkanes) is 9. The summed E-state index contributed by atoms with van der Waals surface area (Å²) in [4.78, 5) is 11.9. The van der Waals surface area contributed by atoms with E-state index in [0.29, 0.717) is 12.2 Å². The van der Waals surface area contributed by atoms with Crippen LogP contribution >= 0.6 is 11.6 Å². The van der Waals surface area contributed by atoms with Crippen LogP contribution < -0.4 is 9.47 Å². The summed E-state index contributed by atoms with van der Waals surface area (Å²) >= 11 is 5.82. The average molecular weight is 425 g/mol. The maximum atomic E-state index is 11.9. The first-order valence-electron chi connectivity index (χ1n) is 11.3. The quantitative estimate of drug-likeness (QED) is 0.212. The summed E-state index contributed by atoms with van der Waals surface area (Å²) in [5, 5.41) is -0.422. The Morgan fingerprint density at radius 3 is 2.00 bits per heavy atom. The van der Waals surface area contributed by atoms with Crippen molar-refractivity contribution in [2.75, 3.05) is 7.11 Å². The van der Waals surface area contributed by atoms with Crippen molar-refractivity contribution in [3.8, 4) is 11.5 Å². The molecule has 0 heterocycles. The van der Waals surface area contributed by atoms with Gasteiger partial charge in [0.2, 0.25) is 0 Å². The summed E-state index contributed by atoms with van der Waals surface area (Å²) in [7, 11) is 1.67. The van der Waals surface area contributed by atoms with E-state index in [4.69, 9.17) is 21.1 Å². The van der Waals surface area contributed by atoms with Gasteiger partial charge < -0.3 is 9.47 Å². The Bertz CT molecular complexity index is 592. The van der Waals surface area contributed by atoms with Crippen molar-refractivity contribution in [1.29, 1.82) is 0 Å². The first-order valence-corrected chi connectivity index (χ1v) is 11.7. The number of halogens is 1. The van der Waals surface area contributed by atoms with Crippen LogP contribution in [0.5, 0.6) is 11.5 Å². The lowest BCUT2D eigenvalue weighted by Crippen LogP contribution is -2.24. The summed E-state index contributed by atoms with van der Waals surface area (Å²) in [5.74, 6) is 1.50. The first kappa shape index (κ1) is 25.8. The van der Waals surface area contributed by atoms with Crippen molar-refractivity contribution in [3.05, 3.63) is 23.8 Å². The Hall–Kier alpha value is -1.22. The first-order chi connectivity index (χ1) is 13.8. The molecule has 0 aliphatic heterocycles. The van der Waals surface area contributed by atoms with Crippen molar-refractivity contribution in [1.82, 2.24) is 0 Å². The highest BCUT2D eigenvalue weighted by atomic mass is 35.5. The molecule has 29 heavy (non-hydrogen) atoms. The molecule has 3 nitrogen and oxygen atoms in total. The van der Waals surface area contributed by atoms with Crippen LogP contribution in [-0.4, -0.2) is 18.5 Å². The van der Waals surface area contributed by atoms with Gasteiger partial charge in [0.25, 0.3) is 5.24 Å². The van der Waals surface area contributed by atoms with Gasteiger partial charge in [-0.25, -0.2) is 0 Å². The van der Waals surface area contributed by atoms with Gasteiger partial charge in [-0.15, -0.1) is 0 Å². The van der Waals surface area contributed by atoms with Gasteiger partial charge in [0.05, 0.1) is 7.11 Å². The molecule has 0 saturated heterocycles. The van der Waals surface area contributed by atoms with E-state index >= 15 is 0 Å². The third-order valence-electron chi connectivity index (χ3n) is 5.33. The van der Waals surface area contributed by atoms with Crippen LogP contribution in [0.15, 0.2) is 18.2 Å². The van der Waals surface area contributed by atoms with Crippen molar-refractivity contribution >= 4 is 16.8 Å². The molecule has 4 heteroatoms. The summed E-state index contributed by atoms with van der Waals surface area (Å²) in [6.07, 6.45) is 12.7. The molecule has 0 bridgehead atoms. The van der Waals surface area contributed by atoms with Gasteiger partial charge in [0, 0.05) is 5.56 Å². The number of hydrogen-bond donors (Lipinski definition) is 0. The third kappa shape index (κ3) is 10.4. The fraction of sp³-hybridized carbons (Fsp3) is 0.720. The highest BCUT2D eigenvalue weighted by molar-refractivity contribution is 6.64. The monoisotopic (exact) mass is 424 g/mol. The standard InChI is InChI=1S/C25H41ClO3/c1-6-7-8-9-10-11-12-13-14-15-16-23(24(26)27)29-20-17-18-22(28-5)21(19-20)25(2,3)4/h17-19,23H,6-16H2,1-5H3. The number of ether oxygens (including phenoxy) is 2. The smallest absolute Gasteiger partial charge is 0.262 e. The topological polar surface area (TPSA) is 35.5 Å². The molecule has 1 rings (SSSR count). The minimum atomic E-state index is -0.591. The summed E-state index contributed by atoms with van der Waals surface area (Å²) < 4.78 is 11.4. The molecule has 166 valence electrons. The number of hydrogen-bond acceptors (Lipinski definition) is 3. The zero-order valence-corrected chi connectivity index (χ0v) is 19.9. The fourth-order valence-corrected chi connectivity index (χ4v) is 3.70. The molecule has 1 atom stereocenters. The molecule has 0 spiro atoms. The van der Waals surface area contributed by atoms with Gasteiger partial charge in [-0.2, -0.15) is 0 Å². The molecular formula is C25H41ClO3. The lowest BCUT2D eigenvalue weighted by Gasteiger charge is -2.24. The van der Waals surface area contributed by atoms with E-state index in [9.17, 15) is 4.79 Å². The van der Waals surface area contributed by atoms with Crippen molar-refractivity contribution in [3.63, 3.8) is 0 Å². The van der Waals surface area contributed by atoms with Gasteiger partial charge in [0.15, 0.2) is 6.10 Å². The molecule has 0 saturated carbocycles. The van der Waals surface area contributed by atoms with E-state index in [1.54, 1.807) is 7.11 Å². The fourth-order valence-electron chi connectivity index (χ4n) is 3.55. The van der Waals surface area contributed by atoms with Crippen LogP contribution in [0.25, 0.3) is 0 Å². The van der Waals surface area contributed by atoms with E-state index in [0.717, 1.165) is 24.2 Å². The second-order valence-electron chi connectivity index (χ2n) is 8.99. The van der Waals surface area contributed by atoms with Crippen LogP contribution in [0.3, 0.4) is 0 Å². The van der Waals surface area contributed by atoms with Gasteiger partial charge in [-0.05, 0) is 48.1 Å². The van der Waals surface area contributed by atoms with E-state index in [1.807, 2.05) is 18.2 Å². The molecule has 0 fully saturated rings. The van der Waals surface area contributed by atoms with Crippen molar-refractivity contribution < 1.29 is 14.3 Å². The summed E-state index contributed by atoms with van der Waals surface area (Å²) in [6, 6.07) is 5.70. The number of rotatable bonds is 15. The number of benzene rings is 1. The molecule has 0 amide bonds. The largest absolute Gasteiger partial charge is 0.496 e. The summed E-state index contributed by atoms with van der Waals surface area (Å²) in [6.45, 7) is 8.63. The SMILES string of the molecule is CCCCCCCCCCCCC(Oc1ccc(OC)c(C(C)(C)C)c1)C(=O)Cl. The number of methoxy groups -OCH3 is 1. The highest BCUT2D eigenvalue weighted by Gasteiger charge is 2.22. The molecular weight excluding hydrogens is 384 g/mol. The lowest BCUT2D eigenvalue weighted by molar-refractivity contribution is -0.118. The van der Waals surface area contributed by atoms with Crippen LogP contribution in [0.1, 0.15) is 104 Å². The van der Waals surface area contributed by atoms with Gasteiger partial charge >= 0.3 is 0 Å². The van der Waals surface area contributed by atoms with E-state index in [-0.39, 0.29) is 5.41 Å². The minimum Gasteiger partial charge on any atom is -0.496 e. The average Bonchev–Trinajstić information content (AvgIpc) is 2.67. The molecule has 1 aromatic rings. The second kappa shape index (κ2) is 13.9. The van der Waals surface area contributed by atoms with Crippen LogP contribution in [0.4, 0.5) is 0 Å². The maximum Gasteiger partial charge on any atom is 0.262 e. The van der Waals surface area contributed by atoms with Crippen LogP contribution in [-0.2, 0) is 10.2 Å². The zero-order chi connectivity index (χ0) is 21.7. The van der Waals surface area contributed by atoms with Crippen molar-refractivity contribution in [2.45, 2.75) is 110 Å². The van der Waals surface area contributed by atoms with E-state index < -0.39 is 11.3 Å². The normalized spacial score (nSPS) is 12.6. The van der Waals surface area contributed by atoms with Gasteiger partial charge in [-0.3, -0.25) is 4.79 Å². The Kier molecular flexibility index (Phi) is 12.4. The van der Waals surface area contributed by atoms with Gasteiger partial charge in [-0.1, -0.05) is 85.5 Å². The molecule has 1 unspecified atom stereocenters. The number of carbonyl (C=O) groups excluding carboxylic acids is 1. The molecule has 0 aliphatic carbocycles. The molecule has 0 radical (unpaired) electrons. The Morgan fingerprint density at radius 1 is 0.966 bits per heavy atom. The van der Waals surface area contributed by atoms with E-state index in [2.05, 4.69) is 27.7 Å². The second-order valence-corrected chi connectivity index (χ2v) is 9.37. The summed E-state index contributed by atoms with van der Waals surface area (Å²) in [5.41, 5.74) is 0.971. The molecule has 0 N–H and O–H groups in total. The lowest BCUT2D eigenvalue weighted by atomic mass is 9.86. The van der Waals surface area contributed by atoms with Gasteiger partial charge in [0.1, 0.15) is 11.5 Å².